The molecule has 6 nitrogen and oxygen atoms in total. The fourth-order valence-corrected chi connectivity index (χ4v) is 3.96. The van der Waals surface area contributed by atoms with Crippen molar-refractivity contribution in [2.45, 2.75) is 18.7 Å². The van der Waals surface area contributed by atoms with Gasteiger partial charge in [0.15, 0.2) is 0 Å². The first kappa shape index (κ1) is 15.9. The molecule has 0 saturated carbocycles. The van der Waals surface area contributed by atoms with Crippen LogP contribution in [-0.4, -0.2) is 18.2 Å². The molecule has 9 heteroatoms. The fourth-order valence-electron chi connectivity index (χ4n) is 1.99. The minimum atomic E-state index is -3.79. The second-order valence-electron chi connectivity index (χ2n) is 4.58. The number of nitrogen functional groups attached to an aromatic ring is 1. The fraction of sp³-hybridized carbons (Fsp3) is 0.250. The second-order valence-corrected chi connectivity index (χ2v) is 7.02. The van der Waals surface area contributed by atoms with Crippen molar-refractivity contribution in [1.82, 2.24) is 9.78 Å². The number of aromatic nitrogens is 2. The standard InChI is InChI=1S/C12H14Cl2N4O2S/c1-6-12(7(2)18(3)16-6)21(19,20)17-8-4-9(13)11(15)10(14)5-8/h4-5,17H,15H2,1-3H3. The molecule has 1 heterocycles. The summed E-state index contributed by atoms with van der Waals surface area (Å²) in [6, 6.07) is 2.81. The average molecular weight is 349 g/mol. The topological polar surface area (TPSA) is 90.0 Å². The van der Waals surface area contributed by atoms with E-state index in [0.717, 1.165) is 0 Å². The molecule has 0 aliphatic carbocycles. The van der Waals surface area contributed by atoms with Gasteiger partial charge in [0.05, 0.1) is 32.8 Å². The number of hydrogen-bond acceptors (Lipinski definition) is 4. The molecule has 0 radical (unpaired) electrons. The number of rotatable bonds is 3. The van der Waals surface area contributed by atoms with Crippen molar-refractivity contribution in [1.29, 1.82) is 0 Å². The van der Waals surface area contributed by atoms with Gasteiger partial charge in [-0.3, -0.25) is 9.40 Å². The van der Waals surface area contributed by atoms with Crippen molar-refractivity contribution in [3.8, 4) is 0 Å². The zero-order chi connectivity index (χ0) is 15.9. The highest BCUT2D eigenvalue weighted by Gasteiger charge is 2.24. The van der Waals surface area contributed by atoms with Crippen molar-refractivity contribution in [2.75, 3.05) is 10.5 Å². The van der Waals surface area contributed by atoms with Crippen molar-refractivity contribution < 1.29 is 8.42 Å². The molecule has 2 aromatic rings. The molecule has 0 fully saturated rings. The Kier molecular flexibility index (Phi) is 4.10. The number of sulfonamides is 1. The van der Waals surface area contributed by atoms with Gasteiger partial charge in [0.2, 0.25) is 0 Å². The van der Waals surface area contributed by atoms with E-state index in [4.69, 9.17) is 28.9 Å². The molecule has 0 unspecified atom stereocenters. The van der Waals surface area contributed by atoms with Crippen molar-refractivity contribution in [2.24, 2.45) is 7.05 Å². The smallest absolute Gasteiger partial charge is 0.265 e. The van der Waals surface area contributed by atoms with Gasteiger partial charge in [0.25, 0.3) is 10.0 Å². The Balaban J connectivity index is 2.47. The summed E-state index contributed by atoms with van der Waals surface area (Å²) in [4.78, 5) is 0.133. The summed E-state index contributed by atoms with van der Waals surface area (Å²) in [7, 11) is -2.11. The van der Waals surface area contributed by atoms with Crippen LogP contribution >= 0.6 is 23.2 Å². The predicted octanol–water partition coefficient (Wildman–Crippen LogP) is 2.73. The zero-order valence-corrected chi connectivity index (χ0v) is 13.9. The molecule has 0 bridgehead atoms. The molecule has 0 saturated heterocycles. The van der Waals surface area contributed by atoms with Crippen LogP contribution in [0.4, 0.5) is 11.4 Å². The third-order valence-electron chi connectivity index (χ3n) is 3.04. The van der Waals surface area contributed by atoms with E-state index < -0.39 is 10.0 Å². The lowest BCUT2D eigenvalue weighted by atomic mass is 10.3. The highest BCUT2D eigenvalue weighted by molar-refractivity contribution is 7.92. The Morgan fingerprint density at radius 2 is 1.76 bits per heavy atom. The van der Waals surface area contributed by atoms with Crippen molar-refractivity contribution >= 4 is 44.6 Å². The van der Waals surface area contributed by atoms with E-state index in [-0.39, 0.29) is 26.3 Å². The normalized spacial score (nSPS) is 11.7. The van der Waals surface area contributed by atoms with Crippen LogP contribution in [0.5, 0.6) is 0 Å². The molecule has 21 heavy (non-hydrogen) atoms. The Morgan fingerprint density at radius 3 is 2.19 bits per heavy atom. The maximum Gasteiger partial charge on any atom is 0.265 e. The van der Waals surface area contributed by atoms with E-state index in [0.29, 0.717) is 11.4 Å². The summed E-state index contributed by atoms with van der Waals surface area (Å²) in [6.07, 6.45) is 0. The van der Waals surface area contributed by atoms with Gasteiger partial charge in [-0.2, -0.15) is 5.10 Å². The monoisotopic (exact) mass is 348 g/mol. The van der Waals surface area contributed by atoms with Crippen LogP contribution in [0.1, 0.15) is 11.4 Å². The van der Waals surface area contributed by atoms with Gasteiger partial charge in [0, 0.05) is 7.05 Å². The van der Waals surface area contributed by atoms with Gasteiger partial charge in [-0.05, 0) is 26.0 Å². The first-order valence-electron chi connectivity index (χ1n) is 5.91. The lowest BCUT2D eigenvalue weighted by molar-refractivity contribution is 0.599. The van der Waals surface area contributed by atoms with Crippen molar-refractivity contribution in [3.05, 3.63) is 33.6 Å². The van der Waals surface area contributed by atoms with Crippen LogP contribution in [0.15, 0.2) is 17.0 Å². The van der Waals surface area contributed by atoms with Gasteiger partial charge in [0.1, 0.15) is 4.90 Å². The summed E-state index contributed by atoms with van der Waals surface area (Å²) >= 11 is 11.8. The molecular formula is C12H14Cl2N4O2S. The first-order valence-corrected chi connectivity index (χ1v) is 8.15. The number of benzene rings is 1. The molecule has 0 spiro atoms. The molecule has 0 aliphatic heterocycles. The van der Waals surface area contributed by atoms with E-state index in [9.17, 15) is 8.42 Å². The Morgan fingerprint density at radius 1 is 1.24 bits per heavy atom. The third kappa shape index (κ3) is 2.95. The Bertz CT molecular complexity index is 792. The van der Waals surface area contributed by atoms with Crippen LogP contribution in [0.3, 0.4) is 0 Å². The number of halogens is 2. The number of nitrogens with two attached hydrogens (primary N) is 1. The largest absolute Gasteiger partial charge is 0.396 e. The molecule has 1 aromatic carbocycles. The van der Waals surface area contributed by atoms with E-state index >= 15 is 0 Å². The highest BCUT2D eigenvalue weighted by Crippen LogP contribution is 2.32. The molecule has 0 amide bonds. The maximum atomic E-state index is 12.5. The average Bonchev–Trinajstić information content (AvgIpc) is 2.60. The third-order valence-corrected chi connectivity index (χ3v) is 5.30. The van der Waals surface area contributed by atoms with Crippen LogP contribution in [0.25, 0.3) is 0 Å². The number of nitrogens with zero attached hydrogens (tertiary/aromatic N) is 2. The van der Waals surface area contributed by atoms with Crippen LogP contribution in [0, 0.1) is 13.8 Å². The summed E-state index contributed by atoms with van der Waals surface area (Å²) in [5.41, 5.74) is 7.01. The second kappa shape index (κ2) is 5.40. The van der Waals surface area contributed by atoms with E-state index in [1.165, 1.54) is 16.8 Å². The Labute approximate surface area is 132 Å². The minimum Gasteiger partial charge on any atom is -0.396 e. The predicted molar refractivity (Wildman–Crippen MR) is 84.4 cm³/mol. The molecule has 0 aliphatic rings. The Hall–Kier alpha value is -1.44. The zero-order valence-electron chi connectivity index (χ0n) is 11.6. The maximum absolute atomic E-state index is 12.5. The SMILES string of the molecule is Cc1nn(C)c(C)c1S(=O)(=O)Nc1cc(Cl)c(N)c(Cl)c1. The molecule has 2 rings (SSSR count). The van der Waals surface area contributed by atoms with Crippen LogP contribution in [-0.2, 0) is 17.1 Å². The highest BCUT2D eigenvalue weighted by atomic mass is 35.5. The summed E-state index contributed by atoms with van der Waals surface area (Å²) < 4.78 is 28.9. The molecule has 114 valence electrons. The number of nitrogens with one attached hydrogen (secondary N) is 1. The van der Waals surface area contributed by atoms with E-state index in [1.807, 2.05) is 0 Å². The van der Waals surface area contributed by atoms with Gasteiger partial charge < -0.3 is 5.73 Å². The molecule has 1 aromatic heterocycles. The van der Waals surface area contributed by atoms with Crippen molar-refractivity contribution in [3.63, 3.8) is 0 Å². The van der Waals surface area contributed by atoms with Crippen LogP contribution in [0.2, 0.25) is 10.0 Å². The number of anilines is 2. The minimum absolute atomic E-state index is 0.133. The lowest BCUT2D eigenvalue weighted by Crippen LogP contribution is -2.15. The first-order chi connectivity index (χ1) is 9.63. The van der Waals surface area contributed by atoms with Gasteiger partial charge in [-0.25, -0.2) is 8.42 Å². The molecular weight excluding hydrogens is 335 g/mol. The van der Waals surface area contributed by atoms with Gasteiger partial charge in [-0.15, -0.1) is 0 Å². The van der Waals surface area contributed by atoms with Gasteiger partial charge in [-0.1, -0.05) is 23.2 Å². The summed E-state index contributed by atoms with van der Waals surface area (Å²) in [5.74, 6) is 0. The van der Waals surface area contributed by atoms with E-state index in [1.54, 1.807) is 20.9 Å². The lowest BCUT2D eigenvalue weighted by Gasteiger charge is -2.10. The molecule has 0 atom stereocenters. The number of hydrogen-bond donors (Lipinski definition) is 2. The quantitative estimate of drug-likeness (QED) is 0.834. The number of aryl methyl sites for hydroxylation is 2. The van der Waals surface area contributed by atoms with E-state index in [2.05, 4.69) is 9.82 Å². The van der Waals surface area contributed by atoms with Gasteiger partial charge >= 0.3 is 0 Å². The summed E-state index contributed by atoms with van der Waals surface area (Å²) in [6.45, 7) is 3.31. The molecule has 3 N–H and O–H groups in total. The summed E-state index contributed by atoms with van der Waals surface area (Å²) in [5, 5.41) is 4.45. The van der Waals surface area contributed by atoms with Crippen LogP contribution < -0.4 is 10.5 Å².